The number of nitrogens with one attached hydrogen (secondary N) is 1. The molecule has 6 heteroatoms. The summed E-state index contributed by atoms with van der Waals surface area (Å²) in [6.07, 6.45) is 1.67. The van der Waals surface area contributed by atoms with Crippen molar-refractivity contribution in [3.63, 3.8) is 0 Å². The number of nitrogens with zero attached hydrogens (tertiary/aromatic N) is 3. The number of hydrazone groups is 1. The molecule has 1 aromatic heterocycles. The van der Waals surface area contributed by atoms with Crippen LogP contribution in [0.5, 0.6) is 0 Å². The molecule has 0 unspecified atom stereocenters. The maximum Gasteiger partial charge on any atom is 0.164 e. The lowest BCUT2D eigenvalue weighted by molar-refractivity contribution is 0.184. The van der Waals surface area contributed by atoms with Gasteiger partial charge in [0.2, 0.25) is 0 Å². The van der Waals surface area contributed by atoms with Crippen molar-refractivity contribution in [3.8, 4) is 6.07 Å². The summed E-state index contributed by atoms with van der Waals surface area (Å²) in [7, 11) is 1.59. The van der Waals surface area contributed by atoms with Crippen LogP contribution in [-0.4, -0.2) is 18.3 Å². The van der Waals surface area contributed by atoms with Crippen molar-refractivity contribution in [2.24, 2.45) is 5.10 Å². The van der Waals surface area contributed by atoms with E-state index in [4.69, 9.17) is 4.74 Å². The molecule has 2 rings (SSSR count). The summed E-state index contributed by atoms with van der Waals surface area (Å²) in [5.74, 6) is 0.433. The largest absolute Gasteiger partial charge is 0.380 e. The lowest BCUT2D eigenvalue weighted by atomic mass is 10.1. The van der Waals surface area contributed by atoms with Gasteiger partial charge in [0.1, 0.15) is 11.6 Å². The van der Waals surface area contributed by atoms with Crippen LogP contribution in [0.15, 0.2) is 39.9 Å². The highest BCUT2D eigenvalue weighted by Gasteiger charge is 2.10. The van der Waals surface area contributed by atoms with E-state index in [1.165, 1.54) is 0 Å². The lowest BCUT2D eigenvalue weighted by Gasteiger charge is -2.09. The molecule has 2 aromatic rings. The van der Waals surface area contributed by atoms with E-state index in [9.17, 15) is 5.26 Å². The van der Waals surface area contributed by atoms with Gasteiger partial charge in [0.25, 0.3) is 0 Å². The summed E-state index contributed by atoms with van der Waals surface area (Å²) in [5, 5.41) is 13.5. The molecular formula is C16H15BrN4O. The van der Waals surface area contributed by atoms with E-state index < -0.39 is 0 Å². The van der Waals surface area contributed by atoms with Crippen molar-refractivity contribution in [2.75, 3.05) is 12.5 Å². The van der Waals surface area contributed by atoms with Crippen molar-refractivity contribution < 1.29 is 4.74 Å². The maximum absolute atomic E-state index is 9.32. The Morgan fingerprint density at radius 1 is 1.41 bits per heavy atom. The average Bonchev–Trinajstić information content (AvgIpc) is 2.49. The summed E-state index contributed by atoms with van der Waals surface area (Å²) in [4.78, 5) is 4.32. The first-order valence-corrected chi connectivity index (χ1v) is 7.37. The van der Waals surface area contributed by atoms with Crippen LogP contribution in [0.4, 0.5) is 5.82 Å². The number of aryl methyl sites for hydroxylation is 1. The predicted molar refractivity (Wildman–Crippen MR) is 89.8 cm³/mol. The second kappa shape index (κ2) is 7.69. The zero-order valence-electron chi connectivity index (χ0n) is 12.3. The van der Waals surface area contributed by atoms with Gasteiger partial charge in [-0.1, -0.05) is 28.1 Å². The minimum atomic E-state index is 0.358. The Labute approximate surface area is 137 Å². The maximum atomic E-state index is 9.32. The van der Waals surface area contributed by atoms with Gasteiger partial charge in [-0.3, -0.25) is 5.43 Å². The van der Waals surface area contributed by atoms with Gasteiger partial charge in [-0.15, -0.1) is 0 Å². The number of benzene rings is 1. The van der Waals surface area contributed by atoms with E-state index in [-0.39, 0.29) is 0 Å². The van der Waals surface area contributed by atoms with Gasteiger partial charge in [-0.2, -0.15) is 10.4 Å². The number of pyridine rings is 1. The zero-order chi connectivity index (χ0) is 15.9. The minimum Gasteiger partial charge on any atom is -0.380 e. The number of aromatic nitrogens is 1. The second-order valence-corrected chi connectivity index (χ2v) is 5.53. The Hall–Kier alpha value is -2.23. The Kier molecular flexibility index (Phi) is 5.64. The lowest BCUT2D eigenvalue weighted by Crippen LogP contribution is -2.03. The van der Waals surface area contributed by atoms with Gasteiger partial charge in [0, 0.05) is 22.8 Å². The normalized spacial score (nSPS) is 10.6. The molecule has 0 fully saturated rings. The number of ether oxygens (including phenoxy) is 1. The monoisotopic (exact) mass is 358 g/mol. The average molecular weight is 359 g/mol. The van der Waals surface area contributed by atoms with Crippen molar-refractivity contribution in [2.45, 2.75) is 13.5 Å². The van der Waals surface area contributed by atoms with Gasteiger partial charge in [0.05, 0.1) is 12.8 Å². The van der Waals surface area contributed by atoms with E-state index >= 15 is 0 Å². The van der Waals surface area contributed by atoms with Crippen LogP contribution in [0.25, 0.3) is 0 Å². The van der Waals surface area contributed by atoms with E-state index in [2.05, 4.69) is 37.5 Å². The molecule has 0 aliphatic rings. The summed E-state index contributed by atoms with van der Waals surface area (Å²) in [5.41, 5.74) is 5.81. The number of methoxy groups -OCH3 is 1. The fourth-order valence-electron chi connectivity index (χ4n) is 1.93. The first kappa shape index (κ1) is 16.1. The first-order valence-electron chi connectivity index (χ1n) is 6.58. The molecule has 0 radical (unpaired) electrons. The van der Waals surface area contributed by atoms with Crippen molar-refractivity contribution >= 4 is 28.0 Å². The van der Waals surface area contributed by atoms with Crippen LogP contribution in [0.2, 0.25) is 0 Å². The predicted octanol–water partition coefficient (Wildman–Crippen LogP) is 3.62. The molecule has 0 saturated carbocycles. The molecule has 22 heavy (non-hydrogen) atoms. The van der Waals surface area contributed by atoms with Crippen LogP contribution in [-0.2, 0) is 11.3 Å². The third kappa shape index (κ3) is 4.13. The van der Waals surface area contributed by atoms with Gasteiger partial charge >= 0.3 is 0 Å². The molecule has 1 heterocycles. The fourth-order valence-corrected chi connectivity index (χ4v) is 2.20. The molecule has 0 bridgehead atoms. The Bertz CT molecular complexity index is 720. The molecule has 0 spiro atoms. The van der Waals surface area contributed by atoms with Crippen LogP contribution < -0.4 is 5.43 Å². The SMILES string of the molecule is COCc1cc(C)nc(NN=Cc2ccc(Br)cc2)c1C#N. The van der Waals surface area contributed by atoms with E-state index in [1.54, 1.807) is 13.3 Å². The number of halogens is 1. The quantitative estimate of drug-likeness (QED) is 0.654. The van der Waals surface area contributed by atoms with Crippen LogP contribution in [0, 0.1) is 18.3 Å². The first-order chi connectivity index (χ1) is 10.6. The summed E-state index contributed by atoms with van der Waals surface area (Å²) in [6, 6.07) is 11.7. The molecule has 1 aromatic carbocycles. The fraction of sp³-hybridized carbons (Fsp3) is 0.188. The molecule has 0 saturated heterocycles. The molecule has 5 nitrogen and oxygen atoms in total. The van der Waals surface area contributed by atoms with E-state index in [0.29, 0.717) is 18.0 Å². The molecule has 0 amide bonds. The Balaban J connectivity index is 2.22. The number of rotatable bonds is 5. The van der Waals surface area contributed by atoms with Crippen LogP contribution in [0.1, 0.15) is 22.4 Å². The summed E-state index contributed by atoms with van der Waals surface area (Å²) in [6.45, 7) is 2.22. The molecule has 112 valence electrons. The van der Waals surface area contributed by atoms with Gasteiger partial charge in [-0.25, -0.2) is 4.98 Å². The number of anilines is 1. The highest BCUT2D eigenvalue weighted by atomic mass is 79.9. The van der Waals surface area contributed by atoms with Crippen molar-refractivity contribution in [1.82, 2.24) is 4.98 Å². The molecule has 0 aliphatic heterocycles. The van der Waals surface area contributed by atoms with E-state index in [0.717, 1.165) is 21.3 Å². The number of hydrogen-bond acceptors (Lipinski definition) is 5. The van der Waals surface area contributed by atoms with Gasteiger partial charge in [-0.05, 0) is 30.7 Å². The van der Waals surface area contributed by atoms with Gasteiger partial charge in [0.15, 0.2) is 5.82 Å². The van der Waals surface area contributed by atoms with Gasteiger partial charge < -0.3 is 4.74 Å². The van der Waals surface area contributed by atoms with Crippen molar-refractivity contribution in [3.05, 3.63) is 57.2 Å². The Morgan fingerprint density at radius 2 is 2.14 bits per heavy atom. The number of nitriles is 1. The topological polar surface area (TPSA) is 70.3 Å². The van der Waals surface area contributed by atoms with Crippen LogP contribution >= 0.6 is 15.9 Å². The highest BCUT2D eigenvalue weighted by Crippen LogP contribution is 2.19. The smallest absolute Gasteiger partial charge is 0.164 e. The standard InChI is InChI=1S/C16H15BrN4O/c1-11-7-13(10-22-2)15(8-18)16(20-11)21-19-9-12-3-5-14(17)6-4-12/h3-7,9H,10H2,1-2H3,(H,20,21). The third-order valence-corrected chi connectivity index (χ3v) is 3.42. The summed E-state index contributed by atoms with van der Waals surface area (Å²) >= 11 is 3.38. The molecule has 1 N–H and O–H groups in total. The molecular weight excluding hydrogens is 344 g/mol. The van der Waals surface area contributed by atoms with E-state index in [1.807, 2.05) is 37.3 Å². The van der Waals surface area contributed by atoms with Crippen molar-refractivity contribution in [1.29, 1.82) is 5.26 Å². The molecule has 0 atom stereocenters. The minimum absolute atomic E-state index is 0.358. The third-order valence-electron chi connectivity index (χ3n) is 2.89. The molecule has 0 aliphatic carbocycles. The zero-order valence-corrected chi connectivity index (χ0v) is 13.9. The second-order valence-electron chi connectivity index (χ2n) is 4.61. The summed E-state index contributed by atoms with van der Waals surface area (Å²) < 4.78 is 6.12. The highest BCUT2D eigenvalue weighted by molar-refractivity contribution is 9.10. The van der Waals surface area contributed by atoms with Crippen LogP contribution in [0.3, 0.4) is 0 Å². The Morgan fingerprint density at radius 3 is 2.77 bits per heavy atom. The number of hydrogen-bond donors (Lipinski definition) is 1.